The van der Waals surface area contributed by atoms with Crippen molar-refractivity contribution in [2.24, 2.45) is 5.41 Å². The Kier molecular flexibility index (Phi) is 2.55. The van der Waals surface area contributed by atoms with Crippen LogP contribution >= 0.6 is 0 Å². The first-order valence-corrected chi connectivity index (χ1v) is 5.44. The molecule has 1 saturated carbocycles. The van der Waals surface area contributed by atoms with Crippen molar-refractivity contribution in [1.82, 2.24) is 4.90 Å². The number of likely N-dealkylation sites (tertiary alicyclic amines) is 1. The molecule has 1 saturated heterocycles. The predicted octanol–water partition coefficient (Wildman–Crippen LogP) is 2.17. The first-order valence-electron chi connectivity index (χ1n) is 5.44. The van der Waals surface area contributed by atoms with E-state index in [0.717, 1.165) is 24.8 Å². The minimum Gasteiger partial charge on any atom is -0.303 e. The lowest BCUT2D eigenvalue weighted by Gasteiger charge is -2.32. The van der Waals surface area contributed by atoms with E-state index in [0.29, 0.717) is 0 Å². The molecule has 0 bridgehead atoms. The van der Waals surface area contributed by atoms with Gasteiger partial charge in [-0.25, -0.2) is 0 Å². The average molecular weight is 178 g/mol. The molecule has 2 heteroatoms. The van der Waals surface area contributed by atoms with Crippen LogP contribution in [0.1, 0.15) is 38.5 Å². The summed E-state index contributed by atoms with van der Waals surface area (Å²) < 4.78 is 0. The maximum Gasteiger partial charge on any atom is 0.0622 e. The molecular weight excluding hydrogens is 160 g/mol. The molecule has 0 unspecified atom stereocenters. The fraction of sp³-hybridized carbons (Fsp3) is 0.909. The van der Waals surface area contributed by atoms with Gasteiger partial charge in [0.25, 0.3) is 0 Å². The molecule has 1 aliphatic heterocycles. The Labute approximate surface area is 80.5 Å². The second kappa shape index (κ2) is 3.67. The van der Waals surface area contributed by atoms with Gasteiger partial charge in [0.05, 0.1) is 6.07 Å². The van der Waals surface area contributed by atoms with Gasteiger partial charge >= 0.3 is 0 Å². The molecular formula is C11H18N2. The largest absolute Gasteiger partial charge is 0.303 e. The normalized spacial score (nSPS) is 25.8. The predicted molar refractivity (Wildman–Crippen MR) is 52.2 cm³/mol. The van der Waals surface area contributed by atoms with E-state index in [9.17, 15) is 0 Å². The van der Waals surface area contributed by atoms with E-state index in [1.54, 1.807) is 0 Å². The highest BCUT2D eigenvalue weighted by Crippen LogP contribution is 2.51. The van der Waals surface area contributed by atoms with Gasteiger partial charge in [0, 0.05) is 13.0 Å². The van der Waals surface area contributed by atoms with Crippen LogP contribution in [0.15, 0.2) is 0 Å². The monoisotopic (exact) mass is 178 g/mol. The molecule has 1 aliphatic carbocycles. The SMILES string of the molecule is N#CCCCN1CCCC2(CC2)C1. The molecule has 0 aromatic rings. The maximum absolute atomic E-state index is 8.44. The van der Waals surface area contributed by atoms with Crippen LogP contribution in [-0.4, -0.2) is 24.5 Å². The molecule has 0 aromatic carbocycles. The molecule has 1 spiro atoms. The summed E-state index contributed by atoms with van der Waals surface area (Å²) in [6.45, 7) is 3.74. The van der Waals surface area contributed by atoms with Crippen molar-refractivity contribution in [3.05, 3.63) is 0 Å². The number of unbranched alkanes of at least 4 members (excludes halogenated alkanes) is 1. The van der Waals surface area contributed by atoms with Crippen LogP contribution in [0.3, 0.4) is 0 Å². The minimum absolute atomic E-state index is 0.726. The second-order valence-corrected chi connectivity index (χ2v) is 4.64. The summed E-state index contributed by atoms with van der Waals surface area (Å²) >= 11 is 0. The van der Waals surface area contributed by atoms with Crippen LogP contribution in [0, 0.1) is 16.7 Å². The molecule has 2 nitrogen and oxygen atoms in total. The number of nitriles is 1. The van der Waals surface area contributed by atoms with E-state index >= 15 is 0 Å². The van der Waals surface area contributed by atoms with E-state index in [2.05, 4.69) is 11.0 Å². The van der Waals surface area contributed by atoms with Gasteiger partial charge in [0.2, 0.25) is 0 Å². The summed E-state index contributed by atoms with van der Waals surface area (Å²) in [6.07, 6.45) is 7.55. The van der Waals surface area contributed by atoms with Gasteiger partial charge in [-0.05, 0) is 50.6 Å². The zero-order valence-corrected chi connectivity index (χ0v) is 8.26. The fourth-order valence-electron chi connectivity index (χ4n) is 2.47. The lowest BCUT2D eigenvalue weighted by Crippen LogP contribution is -2.36. The van der Waals surface area contributed by atoms with Gasteiger partial charge in [-0.1, -0.05) is 0 Å². The quantitative estimate of drug-likeness (QED) is 0.619. The topological polar surface area (TPSA) is 27.0 Å². The summed E-state index contributed by atoms with van der Waals surface area (Å²) in [5.41, 5.74) is 0.741. The van der Waals surface area contributed by atoms with E-state index in [-0.39, 0.29) is 0 Å². The van der Waals surface area contributed by atoms with Gasteiger partial charge < -0.3 is 4.90 Å². The summed E-state index contributed by atoms with van der Waals surface area (Å²) in [6, 6.07) is 2.22. The Balaban J connectivity index is 1.71. The lowest BCUT2D eigenvalue weighted by atomic mass is 9.95. The first-order chi connectivity index (χ1) is 6.35. The zero-order chi connectivity index (χ0) is 9.15. The van der Waals surface area contributed by atoms with Crippen LogP contribution in [0.5, 0.6) is 0 Å². The number of rotatable bonds is 3. The molecule has 2 aliphatic rings. The Hall–Kier alpha value is -0.550. The Bertz CT molecular complexity index is 213. The standard InChI is InChI=1S/C11H18N2/c12-7-1-2-8-13-9-3-4-11(10-13)5-6-11/h1-6,8-10H2. The van der Waals surface area contributed by atoms with Crippen LogP contribution in [-0.2, 0) is 0 Å². The van der Waals surface area contributed by atoms with E-state index < -0.39 is 0 Å². The highest BCUT2D eigenvalue weighted by molar-refractivity contribution is 4.97. The van der Waals surface area contributed by atoms with Crippen molar-refractivity contribution in [3.63, 3.8) is 0 Å². The molecule has 2 rings (SSSR count). The van der Waals surface area contributed by atoms with Gasteiger partial charge in [-0.2, -0.15) is 5.26 Å². The molecule has 13 heavy (non-hydrogen) atoms. The zero-order valence-electron chi connectivity index (χ0n) is 8.26. The Morgan fingerprint density at radius 1 is 1.31 bits per heavy atom. The molecule has 2 fully saturated rings. The lowest BCUT2D eigenvalue weighted by molar-refractivity contribution is 0.160. The molecule has 1 heterocycles. The van der Waals surface area contributed by atoms with Gasteiger partial charge in [0.15, 0.2) is 0 Å². The van der Waals surface area contributed by atoms with Crippen molar-refractivity contribution in [3.8, 4) is 6.07 Å². The smallest absolute Gasteiger partial charge is 0.0622 e. The van der Waals surface area contributed by atoms with Crippen molar-refractivity contribution in [1.29, 1.82) is 5.26 Å². The molecule has 0 N–H and O–H groups in total. The van der Waals surface area contributed by atoms with Crippen LogP contribution in [0.2, 0.25) is 0 Å². The fourth-order valence-corrected chi connectivity index (χ4v) is 2.47. The van der Waals surface area contributed by atoms with Crippen molar-refractivity contribution in [2.45, 2.75) is 38.5 Å². The third-order valence-electron chi connectivity index (χ3n) is 3.46. The van der Waals surface area contributed by atoms with Crippen molar-refractivity contribution >= 4 is 0 Å². The summed E-state index contributed by atoms with van der Waals surface area (Å²) in [5.74, 6) is 0. The molecule has 0 aromatic heterocycles. The van der Waals surface area contributed by atoms with Crippen LogP contribution in [0.4, 0.5) is 0 Å². The number of hydrogen-bond acceptors (Lipinski definition) is 2. The van der Waals surface area contributed by atoms with E-state index in [1.165, 1.54) is 38.8 Å². The molecule has 0 radical (unpaired) electrons. The Morgan fingerprint density at radius 2 is 2.15 bits per heavy atom. The number of hydrogen-bond donors (Lipinski definition) is 0. The van der Waals surface area contributed by atoms with Gasteiger partial charge in [-0.15, -0.1) is 0 Å². The van der Waals surface area contributed by atoms with Crippen LogP contribution < -0.4 is 0 Å². The van der Waals surface area contributed by atoms with E-state index in [4.69, 9.17) is 5.26 Å². The molecule has 0 atom stereocenters. The number of nitrogens with zero attached hydrogens (tertiary/aromatic N) is 2. The first kappa shape index (κ1) is 9.02. The van der Waals surface area contributed by atoms with Gasteiger partial charge in [0.1, 0.15) is 0 Å². The highest BCUT2D eigenvalue weighted by atomic mass is 15.1. The van der Waals surface area contributed by atoms with Crippen molar-refractivity contribution < 1.29 is 0 Å². The average Bonchev–Trinajstić information content (AvgIpc) is 2.86. The maximum atomic E-state index is 8.44. The molecule has 0 amide bonds. The van der Waals surface area contributed by atoms with E-state index in [1.807, 2.05) is 0 Å². The minimum atomic E-state index is 0.726. The summed E-state index contributed by atoms with van der Waals surface area (Å²) in [7, 11) is 0. The highest BCUT2D eigenvalue weighted by Gasteiger charge is 2.44. The number of piperidine rings is 1. The second-order valence-electron chi connectivity index (χ2n) is 4.64. The summed E-state index contributed by atoms with van der Waals surface area (Å²) in [5, 5.41) is 8.44. The third kappa shape index (κ3) is 2.22. The molecule has 72 valence electrons. The van der Waals surface area contributed by atoms with Crippen molar-refractivity contribution in [2.75, 3.05) is 19.6 Å². The van der Waals surface area contributed by atoms with Crippen LogP contribution in [0.25, 0.3) is 0 Å². The third-order valence-corrected chi connectivity index (χ3v) is 3.46. The Morgan fingerprint density at radius 3 is 2.85 bits per heavy atom. The summed E-state index contributed by atoms with van der Waals surface area (Å²) in [4.78, 5) is 2.56. The van der Waals surface area contributed by atoms with Gasteiger partial charge in [-0.3, -0.25) is 0 Å².